The standard InChI is InChI=1S/C9H16N2/c1-7-6-8(2)11-9(7)4-3-5-10/h6,11H,3-5,10H2,1-2H3. The summed E-state index contributed by atoms with van der Waals surface area (Å²) in [5.41, 5.74) is 9.36. The molecule has 2 heteroatoms. The number of nitrogens with two attached hydrogens (primary N) is 1. The van der Waals surface area contributed by atoms with Crippen LogP contribution in [0, 0.1) is 13.8 Å². The van der Waals surface area contributed by atoms with E-state index < -0.39 is 0 Å². The van der Waals surface area contributed by atoms with Crippen molar-refractivity contribution in [3.05, 3.63) is 23.0 Å². The van der Waals surface area contributed by atoms with Crippen LogP contribution in [0.25, 0.3) is 0 Å². The number of hydrogen-bond donors (Lipinski definition) is 2. The second-order valence-corrected chi connectivity index (χ2v) is 3.01. The van der Waals surface area contributed by atoms with Crippen molar-refractivity contribution in [1.29, 1.82) is 0 Å². The lowest BCUT2D eigenvalue weighted by atomic mass is 10.2. The summed E-state index contributed by atoms with van der Waals surface area (Å²) >= 11 is 0. The highest BCUT2D eigenvalue weighted by molar-refractivity contribution is 5.23. The number of aryl methyl sites for hydroxylation is 3. The second-order valence-electron chi connectivity index (χ2n) is 3.01. The van der Waals surface area contributed by atoms with Crippen molar-refractivity contribution in [2.45, 2.75) is 26.7 Å². The van der Waals surface area contributed by atoms with Crippen LogP contribution in [-0.2, 0) is 6.42 Å². The Morgan fingerprint density at radius 3 is 2.64 bits per heavy atom. The van der Waals surface area contributed by atoms with E-state index in [2.05, 4.69) is 24.9 Å². The average Bonchev–Trinajstić information content (AvgIpc) is 2.26. The first kappa shape index (κ1) is 8.34. The molecule has 0 radical (unpaired) electrons. The van der Waals surface area contributed by atoms with Crippen molar-refractivity contribution in [2.75, 3.05) is 6.54 Å². The Morgan fingerprint density at radius 2 is 2.18 bits per heavy atom. The van der Waals surface area contributed by atoms with Gasteiger partial charge >= 0.3 is 0 Å². The molecule has 1 heterocycles. The van der Waals surface area contributed by atoms with Gasteiger partial charge in [0.2, 0.25) is 0 Å². The van der Waals surface area contributed by atoms with Crippen LogP contribution in [0.4, 0.5) is 0 Å². The van der Waals surface area contributed by atoms with E-state index in [0.29, 0.717) is 0 Å². The van der Waals surface area contributed by atoms with Crippen LogP contribution in [0.1, 0.15) is 23.4 Å². The molecule has 1 aromatic heterocycles. The van der Waals surface area contributed by atoms with Gasteiger partial charge in [-0.05, 0) is 44.9 Å². The molecule has 0 aliphatic carbocycles. The first-order chi connectivity index (χ1) is 5.24. The number of rotatable bonds is 3. The Morgan fingerprint density at radius 1 is 1.45 bits per heavy atom. The second kappa shape index (κ2) is 3.58. The van der Waals surface area contributed by atoms with Crippen LogP contribution < -0.4 is 5.73 Å². The Hall–Kier alpha value is -0.760. The molecule has 0 bridgehead atoms. The smallest absolute Gasteiger partial charge is 0.0179 e. The van der Waals surface area contributed by atoms with E-state index in [1.807, 2.05) is 0 Å². The molecule has 0 aromatic carbocycles. The van der Waals surface area contributed by atoms with Crippen LogP contribution in [0.3, 0.4) is 0 Å². The van der Waals surface area contributed by atoms with Crippen molar-refractivity contribution in [2.24, 2.45) is 5.73 Å². The Labute approximate surface area is 67.8 Å². The van der Waals surface area contributed by atoms with Gasteiger partial charge in [-0.3, -0.25) is 0 Å². The maximum Gasteiger partial charge on any atom is 0.0179 e. The quantitative estimate of drug-likeness (QED) is 0.677. The van der Waals surface area contributed by atoms with Gasteiger partial charge in [-0.15, -0.1) is 0 Å². The molecule has 0 atom stereocenters. The minimum atomic E-state index is 0.775. The van der Waals surface area contributed by atoms with Crippen LogP contribution in [-0.4, -0.2) is 11.5 Å². The van der Waals surface area contributed by atoms with Gasteiger partial charge in [-0.25, -0.2) is 0 Å². The minimum Gasteiger partial charge on any atom is -0.362 e. The highest BCUT2D eigenvalue weighted by atomic mass is 14.7. The maximum absolute atomic E-state index is 5.42. The molecule has 1 aromatic rings. The minimum absolute atomic E-state index is 0.775. The zero-order valence-corrected chi connectivity index (χ0v) is 7.28. The third-order valence-corrected chi connectivity index (χ3v) is 1.89. The summed E-state index contributed by atoms with van der Waals surface area (Å²) in [6, 6.07) is 2.17. The van der Waals surface area contributed by atoms with E-state index in [1.165, 1.54) is 17.0 Å². The highest BCUT2D eigenvalue weighted by Gasteiger charge is 1.99. The lowest BCUT2D eigenvalue weighted by molar-refractivity contribution is 0.809. The zero-order valence-electron chi connectivity index (χ0n) is 7.28. The van der Waals surface area contributed by atoms with Gasteiger partial charge < -0.3 is 10.7 Å². The van der Waals surface area contributed by atoms with Gasteiger partial charge in [-0.1, -0.05) is 0 Å². The van der Waals surface area contributed by atoms with Crippen molar-refractivity contribution in [3.8, 4) is 0 Å². The average molecular weight is 152 g/mol. The van der Waals surface area contributed by atoms with Gasteiger partial charge in [0.25, 0.3) is 0 Å². The molecule has 3 N–H and O–H groups in total. The highest BCUT2D eigenvalue weighted by Crippen LogP contribution is 2.10. The van der Waals surface area contributed by atoms with Gasteiger partial charge in [0.1, 0.15) is 0 Å². The van der Waals surface area contributed by atoms with Crippen LogP contribution in [0.15, 0.2) is 6.07 Å². The van der Waals surface area contributed by atoms with Crippen molar-refractivity contribution >= 4 is 0 Å². The molecule has 11 heavy (non-hydrogen) atoms. The van der Waals surface area contributed by atoms with Crippen molar-refractivity contribution < 1.29 is 0 Å². The summed E-state index contributed by atoms with van der Waals surface area (Å²) in [5, 5.41) is 0. The monoisotopic (exact) mass is 152 g/mol. The summed E-state index contributed by atoms with van der Waals surface area (Å²) in [4.78, 5) is 3.32. The van der Waals surface area contributed by atoms with Crippen LogP contribution in [0.2, 0.25) is 0 Å². The third kappa shape index (κ3) is 2.09. The predicted octanol–water partition coefficient (Wildman–Crippen LogP) is 1.52. The number of aromatic nitrogens is 1. The van der Waals surface area contributed by atoms with E-state index in [1.54, 1.807) is 0 Å². The Kier molecular flexibility index (Phi) is 2.71. The van der Waals surface area contributed by atoms with Gasteiger partial charge in [0.05, 0.1) is 0 Å². The largest absolute Gasteiger partial charge is 0.362 e. The molecule has 0 amide bonds. The fourth-order valence-corrected chi connectivity index (χ4v) is 1.32. The van der Waals surface area contributed by atoms with E-state index in [-0.39, 0.29) is 0 Å². The van der Waals surface area contributed by atoms with Crippen molar-refractivity contribution in [3.63, 3.8) is 0 Å². The summed E-state index contributed by atoms with van der Waals surface area (Å²) < 4.78 is 0. The number of hydrogen-bond acceptors (Lipinski definition) is 1. The fraction of sp³-hybridized carbons (Fsp3) is 0.556. The van der Waals surface area contributed by atoms with Gasteiger partial charge in [0.15, 0.2) is 0 Å². The normalized spacial score (nSPS) is 10.5. The molecule has 0 unspecified atom stereocenters. The number of H-pyrrole nitrogens is 1. The fourth-order valence-electron chi connectivity index (χ4n) is 1.32. The lowest BCUT2D eigenvalue weighted by Gasteiger charge is -1.96. The first-order valence-corrected chi connectivity index (χ1v) is 4.09. The SMILES string of the molecule is Cc1cc(C)c(CCCN)[nH]1. The molecular formula is C9H16N2. The molecule has 1 rings (SSSR count). The maximum atomic E-state index is 5.42. The number of nitrogens with one attached hydrogen (secondary N) is 1. The molecule has 0 saturated heterocycles. The lowest BCUT2D eigenvalue weighted by Crippen LogP contribution is -2.01. The first-order valence-electron chi connectivity index (χ1n) is 4.09. The molecule has 0 spiro atoms. The molecular weight excluding hydrogens is 136 g/mol. The third-order valence-electron chi connectivity index (χ3n) is 1.89. The van der Waals surface area contributed by atoms with E-state index in [0.717, 1.165) is 19.4 Å². The Bertz CT molecular complexity index is 225. The van der Waals surface area contributed by atoms with Crippen LogP contribution in [0.5, 0.6) is 0 Å². The zero-order chi connectivity index (χ0) is 8.27. The molecule has 2 nitrogen and oxygen atoms in total. The number of aromatic amines is 1. The van der Waals surface area contributed by atoms with Crippen LogP contribution >= 0.6 is 0 Å². The molecule has 0 fully saturated rings. The van der Waals surface area contributed by atoms with Gasteiger partial charge in [0, 0.05) is 11.4 Å². The Balaban J connectivity index is 2.62. The molecule has 62 valence electrons. The van der Waals surface area contributed by atoms with Crippen molar-refractivity contribution in [1.82, 2.24) is 4.98 Å². The molecule has 0 aliphatic heterocycles. The predicted molar refractivity (Wildman–Crippen MR) is 47.6 cm³/mol. The van der Waals surface area contributed by atoms with Gasteiger partial charge in [-0.2, -0.15) is 0 Å². The molecule has 0 saturated carbocycles. The van der Waals surface area contributed by atoms with E-state index in [9.17, 15) is 0 Å². The van der Waals surface area contributed by atoms with E-state index in [4.69, 9.17) is 5.73 Å². The summed E-state index contributed by atoms with van der Waals surface area (Å²) in [7, 11) is 0. The summed E-state index contributed by atoms with van der Waals surface area (Å²) in [6.45, 7) is 4.99. The molecule has 0 aliphatic rings. The summed E-state index contributed by atoms with van der Waals surface area (Å²) in [5.74, 6) is 0. The topological polar surface area (TPSA) is 41.8 Å². The van der Waals surface area contributed by atoms with E-state index >= 15 is 0 Å². The summed E-state index contributed by atoms with van der Waals surface area (Å²) in [6.07, 6.45) is 2.15.